The van der Waals surface area contributed by atoms with Gasteiger partial charge in [0, 0.05) is 25.6 Å². The first-order chi connectivity index (χ1) is 9.02. The van der Waals surface area contributed by atoms with Crippen molar-refractivity contribution in [3.63, 3.8) is 0 Å². The molecule has 0 fully saturated rings. The van der Waals surface area contributed by atoms with Crippen molar-refractivity contribution in [3.8, 4) is 0 Å². The van der Waals surface area contributed by atoms with Crippen LogP contribution in [0.15, 0.2) is 18.2 Å². The van der Waals surface area contributed by atoms with Gasteiger partial charge in [0.15, 0.2) is 0 Å². The van der Waals surface area contributed by atoms with Crippen molar-refractivity contribution in [2.45, 2.75) is 20.3 Å². The Morgan fingerprint density at radius 3 is 2.63 bits per heavy atom. The average Bonchev–Trinajstić information content (AvgIpc) is 2.33. The first-order valence-corrected chi connectivity index (χ1v) is 6.10. The van der Waals surface area contributed by atoms with Gasteiger partial charge in [-0.25, -0.2) is 4.39 Å². The van der Waals surface area contributed by atoms with Gasteiger partial charge in [-0.3, -0.25) is 9.59 Å². The van der Waals surface area contributed by atoms with Crippen LogP contribution in [-0.4, -0.2) is 24.9 Å². The molecule has 0 aliphatic heterocycles. The lowest BCUT2D eigenvalue weighted by molar-refractivity contribution is -0.116. The van der Waals surface area contributed by atoms with Gasteiger partial charge >= 0.3 is 0 Å². The van der Waals surface area contributed by atoms with E-state index in [1.807, 2.05) is 6.92 Å². The summed E-state index contributed by atoms with van der Waals surface area (Å²) < 4.78 is 13.4. The van der Waals surface area contributed by atoms with Gasteiger partial charge in [-0.1, -0.05) is 6.92 Å². The summed E-state index contributed by atoms with van der Waals surface area (Å²) in [5.41, 5.74) is 0.503. The predicted octanol–water partition coefficient (Wildman–Crippen LogP) is 1.72. The fraction of sp³-hybridized carbons (Fsp3) is 0.385. The van der Waals surface area contributed by atoms with Crippen LogP contribution in [0.1, 0.15) is 20.3 Å². The number of nitrogens with one attached hydrogen (secondary N) is 3. The van der Waals surface area contributed by atoms with Crippen LogP contribution in [0.5, 0.6) is 0 Å². The van der Waals surface area contributed by atoms with Gasteiger partial charge in [-0.05, 0) is 24.7 Å². The van der Waals surface area contributed by atoms with E-state index in [1.54, 1.807) is 0 Å². The Balaban J connectivity index is 2.63. The van der Waals surface area contributed by atoms with Crippen LogP contribution in [0.3, 0.4) is 0 Å². The normalized spacial score (nSPS) is 10.1. The molecule has 1 rings (SSSR count). The van der Waals surface area contributed by atoms with Crippen molar-refractivity contribution in [1.29, 1.82) is 0 Å². The van der Waals surface area contributed by atoms with Crippen molar-refractivity contribution in [1.82, 2.24) is 5.32 Å². The van der Waals surface area contributed by atoms with E-state index < -0.39 is 5.82 Å². The lowest BCUT2D eigenvalue weighted by Crippen LogP contribution is -2.21. The number of carbonyl (C=O) groups excluding carboxylic acids is 2. The summed E-state index contributed by atoms with van der Waals surface area (Å²) in [5, 5.41) is 8.04. The van der Waals surface area contributed by atoms with Crippen molar-refractivity contribution in [2.24, 2.45) is 0 Å². The molecule has 1 aromatic rings. The Bertz CT molecular complexity index is 463. The van der Waals surface area contributed by atoms with Gasteiger partial charge in [0.05, 0.1) is 5.69 Å². The molecular formula is C13H18FN3O2. The average molecular weight is 267 g/mol. The summed E-state index contributed by atoms with van der Waals surface area (Å²) in [4.78, 5) is 22.5. The molecule has 0 spiro atoms. The molecule has 0 aliphatic carbocycles. The second-order valence-corrected chi connectivity index (χ2v) is 4.03. The van der Waals surface area contributed by atoms with E-state index >= 15 is 0 Å². The zero-order valence-corrected chi connectivity index (χ0v) is 11.0. The molecule has 3 N–H and O–H groups in total. The molecule has 6 heteroatoms. The molecule has 1 aromatic carbocycles. The minimum Gasteiger partial charge on any atom is -0.326 e. The third-order valence-corrected chi connectivity index (χ3v) is 2.34. The molecular weight excluding hydrogens is 249 g/mol. The Kier molecular flexibility index (Phi) is 5.95. The van der Waals surface area contributed by atoms with E-state index in [0.29, 0.717) is 18.7 Å². The number of benzene rings is 1. The second-order valence-electron chi connectivity index (χ2n) is 4.03. The SMILES string of the molecule is CCNCCC(=O)Nc1ccc(F)c(NC(C)=O)c1. The quantitative estimate of drug-likeness (QED) is 0.687. The van der Waals surface area contributed by atoms with Gasteiger partial charge in [0.2, 0.25) is 11.8 Å². The molecule has 0 radical (unpaired) electrons. The Morgan fingerprint density at radius 2 is 2.00 bits per heavy atom. The van der Waals surface area contributed by atoms with Gasteiger partial charge < -0.3 is 16.0 Å². The van der Waals surface area contributed by atoms with E-state index in [2.05, 4.69) is 16.0 Å². The van der Waals surface area contributed by atoms with Crippen LogP contribution in [0.2, 0.25) is 0 Å². The maximum Gasteiger partial charge on any atom is 0.225 e. The Labute approximate surface area is 111 Å². The molecule has 5 nitrogen and oxygen atoms in total. The summed E-state index contributed by atoms with van der Waals surface area (Å²) >= 11 is 0. The third-order valence-electron chi connectivity index (χ3n) is 2.34. The highest BCUT2D eigenvalue weighted by molar-refractivity contribution is 5.93. The standard InChI is InChI=1S/C13H18FN3O2/c1-3-15-7-6-13(19)17-10-4-5-11(14)12(8-10)16-9(2)18/h4-5,8,15H,3,6-7H2,1-2H3,(H,16,18)(H,17,19). The first kappa shape index (κ1) is 15.1. The number of anilines is 2. The number of rotatable bonds is 6. The highest BCUT2D eigenvalue weighted by Crippen LogP contribution is 2.19. The fourth-order valence-corrected chi connectivity index (χ4v) is 1.49. The largest absolute Gasteiger partial charge is 0.326 e. The van der Waals surface area contributed by atoms with Gasteiger partial charge in [-0.15, -0.1) is 0 Å². The Hall–Kier alpha value is -1.95. The summed E-state index contributed by atoms with van der Waals surface area (Å²) in [5.74, 6) is -1.07. The van der Waals surface area contributed by atoms with E-state index in [1.165, 1.54) is 25.1 Å². The van der Waals surface area contributed by atoms with Crippen molar-refractivity contribution >= 4 is 23.2 Å². The minimum absolute atomic E-state index is 0.0528. The first-order valence-electron chi connectivity index (χ1n) is 6.10. The molecule has 2 amide bonds. The predicted molar refractivity (Wildman–Crippen MR) is 72.5 cm³/mol. The summed E-state index contributed by atoms with van der Waals surface area (Å²) in [6.07, 6.45) is 0.334. The molecule has 0 unspecified atom stereocenters. The van der Waals surface area contributed by atoms with E-state index in [0.717, 1.165) is 6.54 Å². The van der Waals surface area contributed by atoms with E-state index in [-0.39, 0.29) is 17.5 Å². The molecule has 0 heterocycles. The van der Waals surface area contributed by atoms with E-state index in [4.69, 9.17) is 0 Å². The maximum atomic E-state index is 13.4. The highest BCUT2D eigenvalue weighted by Gasteiger charge is 2.07. The van der Waals surface area contributed by atoms with Crippen LogP contribution in [-0.2, 0) is 9.59 Å². The number of amides is 2. The second kappa shape index (κ2) is 7.48. The monoisotopic (exact) mass is 267 g/mol. The highest BCUT2D eigenvalue weighted by atomic mass is 19.1. The van der Waals surface area contributed by atoms with Crippen LogP contribution in [0.4, 0.5) is 15.8 Å². The zero-order chi connectivity index (χ0) is 14.3. The van der Waals surface area contributed by atoms with Crippen LogP contribution in [0, 0.1) is 5.82 Å². The van der Waals surface area contributed by atoms with Gasteiger partial charge in [0.1, 0.15) is 5.82 Å². The van der Waals surface area contributed by atoms with Crippen LogP contribution in [0.25, 0.3) is 0 Å². The van der Waals surface area contributed by atoms with Gasteiger partial charge in [0.25, 0.3) is 0 Å². The molecule has 0 aromatic heterocycles. The number of carbonyl (C=O) groups is 2. The number of hydrogen-bond donors (Lipinski definition) is 3. The topological polar surface area (TPSA) is 70.2 Å². The van der Waals surface area contributed by atoms with Gasteiger partial charge in [-0.2, -0.15) is 0 Å². The molecule has 104 valence electrons. The van der Waals surface area contributed by atoms with Crippen LogP contribution < -0.4 is 16.0 Å². The molecule has 0 saturated carbocycles. The lowest BCUT2D eigenvalue weighted by Gasteiger charge is -2.09. The smallest absolute Gasteiger partial charge is 0.225 e. The molecule has 0 bridgehead atoms. The minimum atomic E-state index is -0.541. The fourth-order valence-electron chi connectivity index (χ4n) is 1.49. The molecule has 19 heavy (non-hydrogen) atoms. The van der Waals surface area contributed by atoms with Crippen molar-refractivity contribution < 1.29 is 14.0 Å². The van der Waals surface area contributed by atoms with Crippen LogP contribution >= 0.6 is 0 Å². The summed E-state index contributed by atoms with van der Waals surface area (Å²) in [7, 11) is 0. The zero-order valence-electron chi connectivity index (χ0n) is 11.0. The number of halogens is 1. The molecule has 0 saturated heterocycles. The lowest BCUT2D eigenvalue weighted by atomic mass is 10.2. The summed E-state index contributed by atoms with van der Waals surface area (Å²) in [6.45, 7) is 4.64. The van der Waals surface area contributed by atoms with Crippen molar-refractivity contribution in [2.75, 3.05) is 23.7 Å². The third kappa shape index (κ3) is 5.48. The molecule has 0 aliphatic rings. The number of hydrogen-bond acceptors (Lipinski definition) is 3. The Morgan fingerprint density at radius 1 is 1.26 bits per heavy atom. The van der Waals surface area contributed by atoms with E-state index in [9.17, 15) is 14.0 Å². The molecule has 0 atom stereocenters. The van der Waals surface area contributed by atoms with Crippen molar-refractivity contribution in [3.05, 3.63) is 24.0 Å². The summed E-state index contributed by atoms with van der Waals surface area (Å²) in [6, 6.07) is 4.04. The maximum absolute atomic E-state index is 13.4.